The van der Waals surface area contributed by atoms with E-state index in [2.05, 4.69) is 0 Å². The summed E-state index contributed by atoms with van der Waals surface area (Å²) in [7, 11) is 0. The minimum atomic E-state index is -0.750. The molecule has 0 unspecified atom stereocenters. The fourth-order valence-electron chi connectivity index (χ4n) is 0. The molecule has 0 aromatic rings. The molecule has 0 aliphatic rings. The van der Waals surface area contributed by atoms with Gasteiger partial charge in [-0.05, 0) is 0 Å². The van der Waals surface area contributed by atoms with Gasteiger partial charge in [-0.1, -0.05) is 34.8 Å². The van der Waals surface area contributed by atoms with Gasteiger partial charge in [-0.3, -0.25) is 0 Å². The van der Waals surface area contributed by atoms with Crippen LogP contribution in [0.25, 0.3) is 0 Å². The van der Waals surface area contributed by atoms with Crippen molar-refractivity contribution in [1.29, 1.82) is 0 Å². The molecule has 0 atom stereocenters. The Bertz CT molecular complexity index is 50.6. The number of alkyl halides is 3. The van der Waals surface area contributed by atoms with Gasteiger partial charge in [-0.25, -0.2) is 0 Å². The van der Waals surface area contributed by atoms with E-state index in [0.29, 0.717) is 0 Å². The van der Waals surface area contributed by atoms with Crippen LogP contribution < -0.4 is 0 Å². The zero-order valence-corrected chi connectivity index (χ0v) is 29.8. The van der Waals surface area contributed by atoms with Gasteiger partial charge in [0.25, 0.3) is 0 Å². The SMILES string of the molecule is ClC(Cl)Cl.[Ba+2].[Be+2].[Cd].[Cr].[H-].[H-].[H-].[H-].[Hg].[SbH3].[SeH2]. The third kappa shape index (κ3) is 83.6. The Labute approximate surface area is 212 Å². The summed E-state index contributed by atoms with van der Waals surface area (Å²) in [6.07, 6.45) is 0. The maximum absolute atomic E-state index is 4.81. The van der Waals surface area contributed by atoms with Crippen LogP contribution in [-0.2, 0) is 72.3 Å². The van der Waals surface area contributed by atoms with E-state index < -0.39 is 4.30 Å². The van der Waals surface area contributed by atoms with Crippen LogP contribution in [0.1, 0.15) is 5.71 Å². The molecular formula is CH10BaBeCdCl3CrHgSbSe. The fourth-order valence-corrected chi connectivity index (χ4v) is 0. The van der Waals surface area contributed by atoms with Crippen LogP contribution in [-0.4, -0.2) is 105 Å². The summed E-state index contributed by atoms with van der Waals surface area (Å²) >= 11 is 14.4. The molecular weight excluding hydrogens is 830 g/mol. The van der Waals surface area contributed by atoms with Gasteiger partial charge >= 0.3 is 100 Å². The van der Waals surface area contributed by atoms with Crippen LogP contribution in [0, 0.1) is 0 Å². The van der Waals surface area contributed by atoms with E-state index in [1.807, 2.05) is 0 Å². The molecule has 0 bridgehead atoms. The van der Waals surface area contributed by atoms with Crippen LogP contribution in [0.3, 0.4) is 0 Å². The molecule has 0 N–H and O–H groups in total. The van der Waals surface area contributed by atoms with E-state index in [0.717, 1.165) is 0 Å². The van der Waals surface area contributed by atoms with Crippen LogP contribution in [0.4, 0.5) is 0 Å². The van der Waals surface area contributed by atoms with Gasteiger partial charge < -0.3 is 5.71 Å². The summed E-state index contributed by atoms with van der Waals surface area (Å²) in [5.41, 5.74) is 0. The fraction of sp³-hybridized carbons (Fsp3) is 1.00. The van der Waals surface area contributed by atoms with Crippen molar-refractivity contribution in [3.63, 3.8) is 0 Å². The van der Waals surface area contributed by atoms with Crippen molar-refractivity contribution in [2.75, 3.05) is 0 Å². The second-order valence-electron chi connectivity index (χ2n) is 0.247. The van der Waals surface area contributed by atoms with Crippen molar-refractivity contribution >= 4 is 135 Å². The Morgan fingerprint density at radius 3 is 1.09 bits per heavy atom. The molecule has 0 fully saturated rings. The molecule has 0 aliphatic heterocycles. The Morgan fingerprint density at radius 1 is 1.09 bits per heavy atom. The molecule has 0 saturated carbocycles. The zero-order valence-electron chi connectivity index (χ0n) is 10.2. The van der Waals surface area contributed by atoms with Crippen molar-refractivity contribution in [3.8, 4) is 0 Å². The molecule has 0 spiro atoms. The molecule has 10 heteroatoms. The first kappa shape index (κ1) is 53.1. The maximum atomic E-state index is 4.81. The van der Waals surface area contributed by atoms with E-state index >= 15 is 0 Å². The molecule has 0 rings (SSSR count). The Balaban J connectivity index is -0.000000000818. The van der Waals surface area contributed by atoms with Gasteiger partial charge in [0.1, 0.15) is 0 Å². The molecule has 0 aromatic carbocycles. The quantitative estimate of drug-likeness (QED) is 0.230. The van der Waals surface area contributed by atoms with Crippen molar-refractivity contribution in [1.82, 2.24) is 0 Å². The Hall–Kier alpha value is 6.34. The van der Waals surface area contributed by atoms with Crippen molar-refractivity contribution in [3.05, 3.63) is 0 Å². The third-order valence-electron chi connectivity index (χ3n) is 0. The minimum absolute atomic E-state index is 0. The molecule has 11 heavy (non-hydrogen) atoms. The van der Waals surface area contributed by atoms with Crippen molar-refractivity contribution in [2.45, 2.75) is 4.30 Å². The molecule has 0 amide bonds. The Kier molecular flexibility index (Phi) is 213. The van der Waals surface area contributed by atoms with Crippen LogP contribution in [0.2, 0.25) is 0 Å². The summed E-state index contributed by atoms with van der Waals surface area (Å²) in [6.45, 7) is 0. The monoisotopic (exact) mass is 843 g/mol. The number of halogens is 3. The van der Waals surface area contributed by atoms with Crippen LogP contribution >= 0.6 is 34.8 Å². The molecule has 0 radical (unpaired) electrons. The summed E-state index contributed by atoms with van der Waals surface area (Å²) in [5, 5.41) is 0. The van der Waals surface area contributed by atoms with E-state index in [9.17, 15) is 0 Å². The van der Waals surface area contributed by atoms with Gasteiger partial charge in [0.05, 0.1) is 0 Å². The standard InChI is InChI=1S/CHCl3.Ba.Be.Cd.Cr.Hg.Sb.H2Se.7H/c2-1(3)4;;;;;;;;;;;;;;/h1H;;;;;;;1H2;;;;;;;/q;2*+2;;;;;;;;;4*-1. The average molecular weight is 841 g/mol. The van der Waals surface area contributed by atoms with E-state index in [1.54, 1.807) is 0 Å². The second-order valence-corrected chi connectivity index (χ2v) is 2.23. The summed E-state index contributed by atoms with van der Waals surface area (Å²) in [4.78, 5) is 0. The summed E-state index contributed by atoms with van der Waals surface area (Å²) in [5.74, 6) is 0. The molecule has 0 heterocycles. The van der Waals surface area contributed by atoms with Crippen molar-refractivity contribution in [2.24, 2.45) is 0 Å². The van der Waals surface area contributed by atoms with Gasteiger partial charge in [0, 0.05) is 72.3 Å². The third-order valence-corrected chi connectivity index (χ3v) is 0. The van der Waals surface area contributed by atoms with Gasteiger partial charge in [-0.2, -0.15) is 0 Å². The van der Waals surface area contributed by atoms with Gasteiger partial charge in [0.15, 0.2) is 4.30 Å². The molecule has 60 valence electrons. The molecule has 0 aliphatic carbocycles. The normalized spacial score (nSPS) is 3.27. The van der Waals surface area contributed by atoms with E-state index in [-0.39, 0.29) is 179 Å². The van der Waals surface area contributed by atoms with E-state index in [4.69, 9.17) is 34.8 Å². The number of hydrogen-bond acceptors (Lipinski definition) is 0. The predicted octanol–water partition coefficient (Wildman–Crippen LogP) is -0.433. The van der Waals surface area contributed by atoms with Gasteiger partial charge in [-0.15, -0.1) is 0 Å². The van der Waals surface area contributed by atoms with Gasteiger partial charge in [0.2, 0.25) is 0 Å². The first-order chi connectivity index (χ1) is 1.73. The predicted molar refractivity (Wildman–Crippen MR) is 55.8 cm³/mol. The first-order valence-corrected chi connectivity index (χ1v) is 1.96. The molecule has 0 aromatic heterocycles. The number of hydrogen-bond donors (Lipinski definition) is 0. The van der Waals surface area contributed by atoms with Crippen LogP contribution in [0.5, 0.6) is 0 Å². The van der Waals surface area contributed by atoms with Crippen LogP contribution in [0.15, 0.2) is 0 Å². The summed E-state index contributed by atoms with van der Waals surface area (Å²) in [6, 6.07) is 0. The molecule has 0 saturated heterocycles. The number of rotatable bonds is 0. The zero-order chi connectivity index (χ0) is 3.58. The Morgan fingerprint density at radius 2 is 1.09 bits per heavy atom. The topological polar surface area (TPSA) is 0 Å². The average Bonchev–Trinajstić information content (AvgIpc) is 0.811. The first-order valence-electron chi connectivity index (χ1n) is 0.655. The van der Waals surface area contributed by atoms with E-state index in [1.165, 1.54) is 0 Å². The second kappa shape index (κ2) is 44.1. The van der Waals surface area contributed by atoms with Crippen molar-refractivity contribution < 1.29 is 78.0 Å². The molecule has 0 nitrogen and oxygen atoms in total. The summed E-state index contributed by atoms with van der Waals surface area (Å²) < 4.78 is -0.750.